The average molecular weight is 442 g/mol. The van der Waals surface area contributed by atoms with Crippen molar-refractivity contribution in [1.82, 2.24) is 14.8 Å². The molecule has 1 atom stereocenters. The van der Waals surface area contributed by atoms with Crippen LogP contribution in [0, 0.1) is 5.41 Å². The van der Waals surface area contributed by atoms with E-state index in [1.165, 1.54) is 6.20 Å². The Morgan fingerprint density at radius 3 is 2.68 bits per heavy atom. The fourth-order valence-corrected chi connectivity index (χ4v) is 5.10. The lowest BCUT2D eigenvalue weighted by molar-refractivity contribution is -0.154. The summed E-state index contributed by atoms with van der Waals surface area (Å²) in [5, 5.41) is 0. The van der Waals surface area contributed by atoms with Gasteiger partial charge in [0.2, 0.25) is 5.88 Å². The van der Waals surface area contributed by atoms with Crippen molar-refractivity contribution < 1.29 is 27.4 Å². The maximum absolute atomic E-state index is 12.5. The third-order valence-corrected chi connectivity index (χ3v) is 6.55. The van der Waals surface area contributed by atoms with Gasteiger partial charge in [0.1, 0.15) is 0 Å². The largest absolute Gasteiger partial charge is 0.467 e. The minimum absolute atomic E-state index is 0.0293. The quantitative estimate of drug-likeness (QED) is 0.698. The molecule has 2 saturated heterocycles. The van der Waals surface area contributed by atoms with Crippen molar-refractivity contribution in [2.24, 2.45) is 5.41 Å². The van der Waals surface area contributed by atoms with Crippen LogP contribution in [0.3, 0.4) is 0 Å². The van der Waals surface area contributed by atoms with Gasteiger partial charge >= 0.3 is 12.3 Å². The number of amides is 1. The molecule has 1 amide bonds. The molecular formula is C21H29F3N4O3. The number of anilines is 1. The summed E-state index contributed by atoms with van der Waals surface area (Å²) in [4.78, 5) is 22.2. The monoisotopic (exact) mass is 442 g/mol. The molecule has 0 aromatic carbocycles. The van der Waals surface area contributed by atoms with Gasteiger partial charge in [-0.25, -0.2) is 9.78 Å². The number of ether oxygens (including phenoxy) is 2. The maximum atomic E-state index is 12.5. The fraction of sp³-hybridized carbons (Fsp3) is 0.714. The Hall–Kier alpha value is -2.23. The van der Waals surface area contributed by atoms with Crippen molar-refractivity contribution in [2.45, 2.75) is 38.4 Å². The number of halogens is 3. The van der Waals surface area contributed by atoms with Gasteiger partial charge in [-0.1, -0.05) is 0 Å². The van der Waals surface area contributed by atoms with E-state index in [1.807, 2.05) is 11.8 Å². The topological polar surface area (TPSA) is 58.1 Å². The van der Waals surface area contributed by atoms with Gasteiger partial charge in [-0.05, 0) is 38.3 Å². The number of alkyl halides is 3. The van der Waals surface area contributed by atoms with Crippen molar-refractivity contribution >= 4 is 11.8 Å². The number of piperazine rings is 1. The molecule has 3 fully saturated rings. The first kappa shape index (κ1) is 22.0. The number of carbonyl (C=O) groups is 1. The van der Waals surface area contributed by atoms with Gasteiger partial charge in [0.15, 0.2) is 6.61 Å². The molecule has 0 radical (unpaired) electrons. The molecule has 1 saturated carbocycles. The van der Waals surface area contributed by atoms with Crippen LogP contribution in [0.25, 0.3) is 0 Å². The SMILES string of the molecule is CCOC(=O)N1CC2(CCC(N3CCN(c4cccnc4OCC(F)(F)F)CC3)C2)C1. The van der Waals surface area contributed by atoms with Crippen molar-refractivity contribution in [3.8, 4) is 5.88 Å². The second-order valence-corrected chi connectivity index (χ2v) is 8.71. The van der Waals surface area contributed by atoms with Gasteiger partial charge in [-0.2, -0.15) is 13.2 Å². The minimum atomic E-state index is -4.39. The maximum Gasteiger partial charge on any atom is 0.422 e. The molecule has 3 heterocycles. The van der Waals surface area contributed by atoms with E-state index < -0.39 is 12.8 Å². The molecule has 1 spiro atoms. The summed E-state index contributed by atoms with van der Waals surface area (Å²) >= 11 is 0. The van der Waals surface area contributed by atoms with Crippen LogP contribution in [0.5, 0.6) is 5.88 Å². The molecule has 172 valence electrons. The zero-order valence-electron chi connectivity index (χ0n) is 17.7. The van der Waals surface area contributed by atoms with Crippen LogP contribution >= 0.6 is 0 Å². The number of hydrogen-bond acceptors (Lipinski definition) is 6. The molecule has 1 aromatic rings. The highest BCUT2D eigenvalue weighted by atomic mass is 19.4. The van der Waals surface area contributed by atoms with E-state index in [2.05, 4.69) is 9.88 Å². The van der Waals surface area contributed by atoms with Gasteiger partial charge in [0, 0.05) is 56.9 Å². The van der Waals surface area contributed by atoms with Crippen LogP contribution in [0.2, 0.25) is 0 Å². The highest BCUT2D eigenvalue weighted by molar-refractivity contribution is 5.69. The average Bonchev–Trinajstić information content (AvgIpc) is 3.17. The van der Waals surface area contributed by atoms with Crippen LogP contribution in [-0.4, -0.2) is 85.6 Å². The third kappa shape index (κ3) is 4.99. The standard InChI is InChI=1S/C21H29F3N4O3/c1-2-30-19(29)28-13-20(14-28)6-5-16(12-20)26-8-10-27(11-9-26)17-4-3-7-25-18(17)31-15-21(22,23)24/h3-4,7,16H,2,5-6,8-15H2,1H3. The molecule has 2 aliphatic heterocycles. The molecule has 1 unspecified atom stereocenters. The number of hydrogen-bond donors (Lipinski definition) is 0. The number of nitrogens with zero attached hydrogens (tertiary/aromatic N) is 4. The first-order valence-electron chi connectivity index (χ1n) is 10.8. The highest BCUT2D eigenvalue weighted by Gasteiger charge is 2.51. The molecule has 1 aromatic heterocycles. The zero-order valence-corrected chi connectivity index (χ0v) is 17.7. The minimum Gasteiger partial charge on any atom is -0.467 e. The summed E-state index contributed by atoms with van der Waals surface area (Å²) in [5.41, 5.74) is 0.828. The van der Waals surface area contributed by atoms with Crippen molar-refractivity contribution in [3.05, 3.63) is 18.3 Å². The number of aromatic nitrogens is 1. The number of rotatable bonds is 5. The first-order valence-corrected chi connectivity index (χ1v) is 10.8. The highest BCUT2D eigenvalue weighted by Crippen LogP contribution is 2.47. The lowest BCUT2D eigenvalue weighted by Crippen LogP contribution is -2.58. The van der Waals surface area contributed by atoms with E-state index in [1.54, 1.807) is 17.0 Å². The second kappa shape index (κ2) is 8.72. The fourth-order valence-electron chi connectivity index (χ4n) is 5.10. The van der Waals surface area contributed by atoms with E-state index in [0.717, 1.165) is 45.4 Å². The Morgan fingerprint density at radius 2 is 2.00 bits per heavy atom. The molecule has 3 aliphatic rings. The summed E-state index contributed by atoms with van der Waals surface area (Å²) in [7, 11) is 0. The summed E-state index contributed by atoms with van der Waals surface area (Å²) in [6.07, 6.45) is 0.147. The Bertz CT molecular complexity index is 777. The first-order chi connectivity index (χ1) is 14.8. The third-order valence-electron chi connectivity index (χ3n) is 6.55. The summed E-state index contributed by atoms with van der Waals surface area (Å²) in [6, 6.07) is 3.97. The lowest BCUT2D eigenvalue weighted by Gasteiger charge is -2.48. The van der Waals surface area contributed by atoms with Crippen LogP contribution in [0.4, 0.5) is 23.7 Å². The molecule has 10 heteroatoms. The predicted molar refractivity (Wildman–Crippen MR) is 108 cm³/mol. The van der Waals surface area contributed by atoms with Gasteiger partial charge in [-0.15, -0.1) is 0 Å². The summed E-state index contributed by atoms with van der Waals surface area (Å²) in [5.74, 6) is 0.0293. The van der Waals surface area contributed by atoms with E-state index >= 15 is 0 Å². The molecular weight excluding hydrogens is 413 g/mol. The van der Waals surface area contributed by atoms with Crippen LogP contribution in [0.15, 0.2) is 18.3 Å². The molecule has 31 heavy (non-hydrogen) atoms. The molecule has 4 rings (SSSR count). The number of pyridine rings is 1. The molecule has 0 bridgehead atoms. The smallest absolute Gasteiger partial charge is 0.422 e. The Morgan fingerprint density at radius 1 is 1.26 bits per heavy atom. The van der Waals surface area contributed by atoms with Crippen molar-refractivity contribution in [3.63, 3.8) is 0 Å². The normalized spacial score (nSPS) is 23.7. The number of carbonyl (C=O) groups excluding carboxylic acids is 1. The van der Waals surface area contributed by atoms with E-state index in [9.17, 15) is 18.0 Å². The van der Waals surface area contributed by atoms with Gasteiger partial charge < -0.3 is 19.3 Å². The number of likely N-dealkylation sites (tertiary alicyclic amines) is 1. The second-order valence-electron chi connectivity index (χ2n) is 8.71. The van der Waals surface area contributed by atoms with Crippen molar-refractivity contribution in [2.75, 3.05) is 57.4 Å². The Kier molecular flexibility index (Phi) is 6.18. The van der Waals surface area contributed by atoms with Gasteiger partial charge in [0.25, 0.3) is 0 Å². The summed E-state index contributed by atoms with van der Waals surface area (Å²) < 4.78 is 47.7. The Labute approximate surface area is 180 Å². The van der Waals surface area contributed by atoms with Gasteiger partial charge in [-0.3, -0.25) is 4.90 Å². The van der Waals surface area contributed by atoms with Gasteiger partial charge in [0.05, 0.1) is 12.3 Å². The Balaban J connectivity index is 1.28. The molecule has 1 aliphatic carbocycles. The predicted octanol–water partition coefficient (Wildman–Crippen LogP) is 3.16. The zero-order chi connectivity index (χ0) is 22.1. The van der Waals surface area contributed by atoms with E-state index in [4.69, 9.17) is 9.47 Å². The molecule has 0 N–H and O–H groups in total. The lowest BCUT2D eigenvalue weighted by atomic mass is 9.78. The van der Waals surface area contributed by atoms with Crippen LogP contribution in [0.1, 0.15) is 26.2 Å². The van der Waals surface area contributed by atoms with E-state index in [-0.39, 0.29) is 17.4 Å². The van der Waals surface area contributed by atoms with E-state index in [0.29, 0.717) is 31.4 Å². The van der Waals surface area contributed by atoms with Crippen LogP contribution in [-0.2, 0) is 4.74 Å². The van der Waals surface area contributed by atoms with Crippen LogP contribution < -0.4 is 9.64 Å². The molecule has 7 nitrogen and oxygen atoms in total. The summed E-state index contributed by atoms with van der Waals surface area (Å²) in [6.45, 7) is 5.54. The van der Waals surface area contributed by atoms with Crippen molar-refractivity contribution in [1.29, 1.82) is 0 Å².